The third-order valence-corrected chi connectivity index (χ3v) is 18.0. The summed E-state index contributed by atoms with van der Waals surface area (Å²) in [5, 5.41) is 39.0. The van der Waals surface area contributed by atoms with E-state index < -0.39 is 7.12 Å². The average molecular weight is 1220 g/mol. The van der Waals surface area contributed by atoms with Crippen molar-refractivity contribution in [3.05, 3.63) is 320 Å². The summed E-state index contributed by atoms with van der Waals surface area (Å²) in [6, 6.07) is 110. The first-order valence-corrected chi connectivity index (χ1v) is 31.0. The molecule has 0 radical (unpaired) electrons. The molecule has 18 rings (SSSR count). The van der Waals surface area contributed by atoms with Crippen molar-refractivity contribution in [2.75, 3.05) is 0 Å². The van der Waals surface area contributed by atoms with Crippen LogP contribution in [-0.2, 0) is 0 Å². The highest BCUT2D eigenvalue weighted by molar-refractivity contribution is 9.10. The number of halogens is 1. The average Bonchev–Trinajstić information content (AvgIpc) is 1.18. The minimum atomic E-state index is -1.50. The zero-order chi connectivity index (χ0) is 60.2. The van der Waals surface area contributed by atoms with Gasteiger partial charge in [-0.2, -0.15) is 0 Å². The fourth-order valence-electron chi connectivity index (χ4n) is 13.5. The second kappa shape index (κ2) is 22.9. The van der Waals surface area contributed by atoms with Crippen LogP contribution in [0.4, 0.5) is 0 Å². The molecule has 0 atom stereocenters. The van der Waals surface area contributed by atoms with E-state index in [4.69, 9.17) is 9.97 Å². The lowest BCUT2D eigenvalue weighted by Gasteiger charge is -2.16. The molecule has 2 N–H and O–H groups in total. The van der Waals surface area contributed by atoms with Gasteiger partial charge < -0.3 is 10.0 Å². The molecule has 0 fully saturated rings. The minimum absolute atomic E-state index is 0.545. The highest BCUT2D eigenvalue weighted by Gasteiger charge is 2.21. The van der Waals surface area contributed by atoms with E-state index in [1.807, 2.05) is 72.8 Å². The van der Waals surface area contributed by atoms with Crippen LogP contribution in [-0.4, -0.2) is 36.3 Å². The maximum atomic E-state index is 9.92. The Morgan fingerprint density at radius 3 is 1.04 bits per heavy atom. The lowest BCUT2D eigenvalue weighted by atomic mass is 9.75. The molecule has 0 unspecified atom stereocenters. The van der Waals surface area contributed by atoms with E-state index in [0.717, 1.165) is 87.6 Å². The third-order valence-electron chi connectivity index (χ3n) is 17.5. The van der Waals surface area contributed by atoms with Crippen LogP contribution in [0.1, 0.15) is 0 Å². The van der Waals surface area contributed by atoms with Crippen LogP contribution in [0.15, 0.2) is 320 Å². The van der Waals surface area contributed by atoms with Crippen molar-refractivity contribution in [1.82, 2.24) is 19.1 Å². The molecule has 6 nitrogen and oxygen atoms in total. The van der Waals surface area contributed by atoms with Gasteiger partial charge in [0.25, 0.3) is 0 Å². The van der Waals surface area contributed by atoms with E-state index in [0.29, 0.717) is 5.46 Å². The Kier molecular flexibility index (Phi) is 13.9. The summed E-state index contributed by atoms with van der Waals surface area (Å²) in [7, 11) is -1.50. The van der Waals surface area contributed by atoms with E-state index in [-0.39, 0.29) is 0 Å². The molecule has 2 heterocycles. The Balaban J connectivity index is 0.000000117. The van der Waals surface area contributed by atoms with E-state index in [9.17, 15) is 10.0 Å². The highest BCUT2D eigenvalue weighted by Crippen LogP contribution is 2.44. The van der Waals surface area contributed by atoms with Crippen LogP contribution in [0.5, 0.6) is 0 Å². The van der Waals surface area contributed by atoms with Crippen LogP contribution >= 0.6 is 15.9 Å². The number of nitrogens with zero attached hydrogens (tertiary/aromatic N) is 4. The minimum Gasteiger partial charge on any atom is -0.423 e. The van der Waals surface area contributed by atoms with Crippen molar-refractivity contribution in [3.63, 3.8) is 0 Å². The molecule has 0 bridgehead atoms. The molecule has 0 saturated carbocycles. The molecule has 0 aliphatic rings. The van der Waals surface area contributed by atoms with E-state index in [1.54, 1.807) is 0 Å². The topological polar surface area (TPSA) is 76.1 Å². The van der Waals surface area contributed by atoms with Gasteiger partial charge in [0.15, 0.2) is 0 Å². The predicted octanol–water partition coefficient (Wildman–Crippen LogP) is 20.4. The van der Waals surface area contributed by atoms with Crippen LogP contribution in [0.2, 0.25) is 0 Å². The summed E-state index contributed by atoms with van der Waals surface area (Å²) in [6.45, 7) is 0. The zero-order valence-electron chi connectivity index (χ0n) is 48.7. The third kappa shape index (κ3) is 9.45. The SMILES string of the molecule is Brc1ccc(-n2c(-c3ccccc3)nc3ccccc32)cc1.OB(O)c1cc2c3ccccc3c3ccccc3c2c2ccccc12.c1ccc(-c2nc3ccccc3n2-c2ccc(-c3cc4c5ccccc5c5ccccc5c4c4ccccc34)cc2)cc1. The van der Waals surface area contributed by atoms with Gasteiger partial charge in [-0.15, -0.1) is 0 Å². The van der Waals surface area contributed by atoms with E-state index in [1.165, 1.54) is 70.4 Å². The number of para-hydroxylation sites is 4. The number of fused-ring (bicyclic) bond motifs is 18. The van der Waals surface area contributed by atoms with Gasteiger partial charge in [-0.3, -0.25) is 9.13 Å². The summed E-state index contributed by atoms with van der Waals surface area (Å²) in [6.07, 6.45) is 0. The molecule has 0 saturated heterocycles. The summed E-state index contributed by atoms with van der Waals surface area (Å²) in [5.41, 5.74) is 11.6. The largest absolute Gasteiger partial charge is 0.489 e. The number of benzene rings is 16. The molecule has 8 heteroatoms. The predicted molar refractivity (Wildman–Crippen MR) is 382 cm³/mol. The zero-order valence-corrected chi connectivity index (χ0v) is 50.2. The van der Waals surface area contributed by atoms with Crippen molar-refractivity contribution < 1.29 is 10.0 Å². The summed E-state index contributed by atoms with van der Waals surface area (Å²) >= 11 is 3.50. The van der Waals surface area contributed by atoms with Crippen molar-refractivity contribution >= 4 is 137 Å². The molecule has 424 valence electrons. The Morgan fingerprint density at radius 2 is 0.600 bits per heavy atom. The lowest BCUT2D eigenvalue weighted by Crippen LogP contribution is -2.30. The second-order valence-corrected chi connectivity index (χ2v) is 23.6. The number of hydrogen-bond acceptors (Lipinski definition) is 4. The van der Waals surface area contributed by atoms with Crippen molar-refractivity contribution in [2.45, 2.75) is 0 Å². The van der Waals surface area contributed by atoms with Gasteiger partial charge in [-0.1, -0.05) is 265 Å². The first-order chi connectivity index (χ1) is 44.4. The molecule has 0 spiro atoms. The standard InChI is InChI=1S/C41H26N2.C22H15BO2.C19H13BrN2/c1-2-12-28(13-3-1)41-42-38-20-10-11-21-39(38)43(41)29-24-22-27(23-25-29)36-26-37-32-16-5-4-14-30(32)31-15-6-8-18-34(31)40(37)35-19-9-7-17-33(35)36;24-23(25)21-13-20-16-9-2-1-7-14(16)15-8-3-5-11-18(15)22(20)19-12-6-4-10-17(19)21;20-15-10-12-16(13-11-15)22-18-9-5-4-8-17(18)21-19(22)14-6-2-1-3-7-14/h1-26H;1-13,24-25H;1-13H. The summed E-state index contributed by atoms with van der Waals surface area (Å²) < 4.78 is 5.55. The van der Waals surface area contributed by atoms with Gasteiger partial charge in [0, 0.05) is 27.0 Å². The van der Waals surface area contributed by atoms with Gasteiger partial charge >= 0.3 is 7.12 Å². The normalized spacial score (nSPS) is 11.5. The van der Waals surface area contributed by atoms with Gasteiger partial charge in [-0.05, 0) is 169 Å². The second-order valence-electron chi connectivity index (χ2n) is 22.7. The Bertz CT molecular complexity index is 5770. The molecule has 2 aromatic heterocycles. The smallest absolute Gasteiger partial charge is 0.423 e. The molecule has 0 amide bonds. The lowest BCUT2D eigenvalue weighted by molar-refractivity contribution is 0.426. The van der Waals surface area contributed by atoms with Gasteiger partial charge in [0.2, 0.25) is 0 Å². The highest BCUT2D eigenvalue weighted by atomic mass is 79.9. The van der Waals surface area contributed by atoms with Crippen molar-refractivity contribution in [1.29, 1.82) is 0 Å². The van der Waals surface area contributed by atoms with Crippen LogP contribution in [0.3, 0.4) is 0 Å². The van der Waals surface area contributed by atoms with E-state index in [2.05, 4.69) is 268 Å². The van der Waals surface area contributed by atoms with Crippen LogP contribution in [0, 0.1) is 0 Å². The quantitative estimate of drug-likeness (QED) is 0.128. The fourth-order valence-corrected chi connectivity index (χ4v) is 13.8. The number of aromatic nitrogens is 4. The summed E-state index contributed by atoms with van der Waals surface area (Å²) in [5.74, 6) is 1.91. The monoisotopic (exact) mass is 1220 g/mol. The maximum Gasteiger partial charge on any atom is 0.489 e. The van der Waals surface area contributed by atoms with E-state index >= 15 is 0 Å². The first-order valence-electron chi connectivity index (χ1n) is 30.2. The molecular formula is C82H54BBrN4O2. The number of hydrogen-bond donors (Lipinski definition) is 2. The number of rotatable bonds is 6. The van der Waals surface area contributed by atoms with Crippen molar-refractivity contribution in [3.8, 4) is 45.3 Å². The van der Waals surface area contributed by atoms with Crippen molar-refractivity contribution in [2.24, 2.45) is 0 Å². The molecule has 18 aromatic rings. The summed E-state index contributed by atoms with van der Waals surface area (Å²) in [4.78, 5) is 9.86. The Morgan fingerprint density at radius 1 is 0.278 bits per heavy atom. The van der Waals surface area contributed by atoms with Gasteiger partial charge in [0.05, 0.1) is 22.1 Å². The van der Waals surface area contributed by atoms with Crippen LogP contribution in [0.25, 0.3) is 154 Å². The number of imidazole rings is 2. The fraction of sp³-hybridized carbons (Fsp3) is 0. The van der Waals surface area contributed by atoms with Gasteiger partial charge in [-0.25, -0.2) is 9.97 Å². The Labute approximate surface area is 527 Å². The molecule has 0 aliphatic heterocycles. The molecule has 90 heavy (non-hydrogen) atoms. The molecule has 16 aromatic carbocycles. The first kappa shape index (κ1) is 54.4. The van der Waals surface area contributed by atoms with Gasteiger partial charge in [0.1, 0.15) is 11.6 Å². The molecular weight excluding hydrogens is 1160 g/mol. The van der Waals surface area contributed by atoms with Crippen LogP contribution < -0.4 is 5.46 Å². The maximum absolute atomic E-state index is 9.92. The Hall–Kier alpha value is -11.0. The molecule has 0 aliphatic carbocycles.